The van der Waals surface area contributed by atoms with Gasteiger partial charge in [-0.15, -0.1) is 0 Å². The van der Waals surface area contributed by atoms with Gasteiger partial charge in [-0.3, -0.25) is 4.79 Å². The minimum atomic E-state index is -0.112. The molecule has 0 bridgehead atoms. The molecule has 29 heavy (non-hydrogen) atoms. The summed E-state index contributed by atoms with van der Waals surface area (Å²) in [7, 11) is 0. The number of ketones is 1. The molecule has 0 atom stereocenters. The van der Waals surface area contributed by atoms with Gasteiger partial charge < -0.3 is 10.6 Å². The molecule has 0 radical (unpaired) electrons. The molecule has 0 amide bonds. The van der Waals surface area contributed by atoms with Crippen LogP contribution in [0.25, 0.3) is 0 Å². The second-order valence-electron chi connectivity index (χ2n) is 8.59. The van der Waals surface area contributed by atoms with Crippen LogP contribution in [0.2, 0.25) is 0 Å². The maximum absolute atomic E-state index is 13.0. The van der Waals surface area contributed by atoms with Gasteiger partial charge in [0.2, 0.25) is 5.95 Å². The number of hydrogen-bond donors (Lipinski definition) is 2. The van der Waals surface area contributed by atoms with Crippen LogP contribution in [0, 0.1) is 19.3 Å². The Bertz CT molecular complexity index is 1070. The first kappa shape index (κ1) is 19.1. The summed E-state index contributed by atoms with van der Waals surface area (Å²) in [5.41, 5.74) is 5.44. The normalized spacial score (nSPS) is 15.0. The van der Waals surface area contributed by atoms with E-state index in [0.29, 0.717) is 23.8 Å². The van der Waals surface area contributed by atoms with Crippen LogP contribution >= 0.6 is 0 Å². The highest BCUT2D eigenvalue weighted by Crippen LogP contribution is 2.38. The molecule has 0 aliphatic heterocycles. The summed E-state index contributed by atoms with van der Waals surface area (Å²) in [6, 6.07) is 16.1. The molecular weight excluding hydrogens is 360 g/mol. The second-order valence-corrected chi connectivity index (χ2v) is 8.59. The van der Waals surface area contributed by atoms with E-state index >= 15 is 0 Å². The van der Waals surface area contributed by atoms with Crippen LogP contribution in [0.1, 0.15) is 47.4 Å². The highest BCUT2D eigenvalue weighted by atomic mass is 16.1. The Morgan fingerprint density at radius 3 is 2.34 bits per heavy atom. The van der Waals surface area contributed by atoms with Crippen molar-refractivity contribution in [3.05, 3.63) is 70.9 Å². The monoisotopic (exact) mass is 386 g/mol. The molecule has 5 nitrogen and oxygen atoms in total. The summed E-state index contributed by atoms with van der Waals surface area (Å²) in [6.07, 6.45) is 1.23. The van der Waals surface area contributed by atoms with E-state index in [1.165, 1.54) is 5.56 Å². The van der Waals surface area contributed by atoms with Crippen LogP contribution in [0.5, 0.6) is 0 Å². The Balaban J connectivity index is 1.78. The predicted molar refractivity (Wildman–Crippen MR) is 117 cm³/mol. The van der Waals surface area contributed by atoms with Crippen LogP contribution in [0.15, 0.2) is 48.5 Å². The Kier molecular flexibility index (Phi) is 4.82. The second kappa shape index (κ2) is 7.32. The third-order valence-electron chi connectivity index (χ3n) is 5.25. The van der Waals surface area contributed by atoms with Gasteiger partial charge in [0, 0.05) is 17.8 Å². The zero-order valence-electron chi connectivity index (χ0n) is 17.3. The number of anilines is 4. The van der Waals surface area contributed by atoms with E-state index in [0.717, 1.165) is 29.1 Å². The number of carbonyl (C=O) groups is 1. The van der Waals surface area contributed by atoms with Crippen LogP contribution in [-0.4, -0.2) is 15.8 Å². The Hall–Kier alpha value is -3.21. The number of carbonyl (C=O) groups excluding carboxylic acids is 1. The van der Waals surface area contributed by atoms with E-state index < -0.39 is 0 Å². The van der Waals surface area contributed by atoms with Gasteiger partial charge >= 0.3 is 0 Å². The van der Waals surface area contributed by atoms with Crippen LogP contribution in [-0.2, 0) is 6.42 Å². The topological polar surface area (TPSA) is 66.9 Å². The molecule has 3 aromatic rings. The van der Waals surface area contributed by atoms with Crippen molar-refractivity contribution in [2.24, 2.45) is 5.41 Å². The summed E-state index contributed by atoms with van der Waals surface area (Å²) >= 11 is 0. The predicted octanol–water partition coefficient (Wildman–Crippen LogP) is 5.74. The number of para-hydroxylation sites is 1. The SMILES string of the molecule is Cc1ccc(Nc2nc3c(c(Nc4ccccc4C)n2)C(=O)CC(C)(C)C3)cc1. The Labute approximate surface area is 171 Å². The maximum Gasteiger partial charge on any atom is 0.229 e. The number of aromatic nitrogens is 2. The van der Waals surface area contributed by atoms with Crippen molar-refractivity contribution in [2.45, 2.75) is 40.5 Å². The van der Waals surface area contributed by atoms with Gasteiger partial charge in [0.15, 0.2) is 5.78 Å². The van der Waals surface area contributed by atoms with Crippen molar-refractivity contribution in [2.75, 3.05) is 10.6 Å². The number of nitrogens with zero attached hydrogens (tertiary/aromatic N) is 2. The average Bonchev–Trinajstić information content (AvgIpc) is 2.64. The molecule has 0 saturated carbocycles. The fourth-order valence-corrected chi connectivity index (χ4v) is 3.72. The molecule has 0 spiro atoms. The van der Waals surface area contributed by atoms with E-state index in [1.54, 1.807) is 0 Å². The Morgan fingerprint density at radius 2 is 1.62 bits per heavy atom. The third kappa shape index (κ3) is 4.14. The van der Waals surface area contributed by atoms with E-state index in [2.05, 4.69) is 36.4 Å². The van der Waals surface area contributed by atoms with Gasteiger partial charge in [-0.1, -0.05) is 49.7 Å². The molecule has 0 saturated heterocycles. The minimum Gasteiger partial charge on any atom is -0.339 e. The van der Waals surface area contributed by atoms with Gasteiger partial charge in [0.1, 0.15) is 5.82 Å². The van der Waals surface area contributed by atoms with E-state index in [1.807, 2.05) is 55.5 Å². The first-order valence-corrected chi connectivity index (χ1v) is 9.91. The average molecular weight is 386 g/mol. The van der Waals surface area contributed by atoms with Crippen molar-refractivity contribution in [3.8, 4) is 0 Å². The maximum atomic E-state index is 13.0. The molecule has 1 heterocycles. The summed E-state index contributed by atoms with van der Waals surface area (Å²) < 4.78 is 0. The lowest BCUT2D eigenvalue weighted by molar-refractivity contribution is 0.0911. The van der Waals surface area contributed by atoms with Gasteiger partial charge in [0.05, 0.1) is 11.3 Å². The van der Waals surface area contributed by atoms with Crippen molar-refractivity contribution >= 4 is 28.9 Å². The van der Waals surface area contributed by atoms with Gasteiger partial charge in [0.25, 0.3) is 0 Å². The smallest absolute Gasteiger partial charge is 0.229 e. The highest BCUT2D eigenvalue weighted by molar-refractivity contribution is 6.03. The number of hydrogen-bond acceptors (Lipinski definition) is 5. The van der Waals surface area contributed by atoms with Crippen molar-refractivity contribution in [3.63, 3.8) is 0 Å². The first-order chi connectivity index (χ1) is 13.8. The summed E-state index contributed by atoms with van der Waals surface area (Å²) in [5, 5.41) is 6.67. The zero-order chi connectivity index (χ0) is 20.6. The zero-order valence-corrected chi connectivity index (χ0v) is 17.3. The molecule has 5 heteroatoms. The summed E-state index contributed by atoms with van der Waals surface area (Å²) in [4.78, 5) is 22.4. The summed E-state index contributed by atoms with van der Waals surface area (Å²) in [5.74, 6) is 1.16. The fourth-order valence-electron chi connectivity index (χ4n) is 3.72. The number of rotatable bonds is 4. The quantitative estimate of drug-likeness (QED) is 0.599. The lowest BCUT2D eigenvalue weighted by atomic mass is 9.75. The van der Waals surface area contributed by atoms with E-state index in [4.69, 9.17) is 4.98 Å². The van der Waals surface area contributed by atoms with Gasteiger partial charge in [-0.2, -0.15) is 4.98 Å². The molecule has 0 fully saturated rings. The third-order valence-corrected chi connectivity index (χ3v) is 5.25. The van der Waals surface area contributed by atoms with Crippen LogP contribution < -0.4 is 10.6 Å². The molecule has 2 aromatic carbocycles. The van der Waals surface area contributed by atoms with Gasteiger partial charge in [-0.25, -0.2) is 4.98 Å². The van der Waals surface area contributed by atoms with Crippen molar-refractivity contribution in [1.82, 2.24) is 9.97 Å². The number of Topliss-reactive ketones (excluding diaryl/α,β-unsaturated/α-hetero) is 1. The fraction of sp³-hybridized carbons (Fsp3) is 0.292. The van der Waals surface area contributed by atoms with Gasteiger partial charge in [-0.05, 0) is 49.4 Å². The van der Waals surface area contributed by atoms with E-state index in [-0.39, 0.29) is 11.2 Å². The van der Waals surface area contributed by atoms with Crippen LogP contribution in [0.3, 0.4) is 0 Å². The molecule has 1 aromatic heterocycles. The Morgan fingerprint density at radius 1 is 0.897 bits per heavy atom. The molecule has 148 valence electrons. The summed E-state index contributed by atoms with van der Waals surface area (Å²) in [6.45, 7) is 8.30. The highest BCUT2D eigenvalue weighted by Gasteiger charge is 2.35. The minimum absolute atomic E-state index is 0.0919. The van der Waals surface area contributed by atoms with Crippen molar-refractivity contribution in [1.29, 1.82) is 0 Å². The molecule has 2 N–H and O–H groups in total. The lowest BCUT2D eigenvalue weighted by Gasteiger charge is -2.30. The lowest BCUT2D eigenvalue weighted by Crippen LogP contribution is -2.29. The van der Waals surface area contributed by atoms with Crippen LogP contribution in [0.4, 0.5) is 23.1 Å². The largest absolute Gasteiger partial charge is 0.339 e. The number of nitrogens with one attached hydrogen (secondary N) is 2. The molecule has 1 aliphatic rings. The number of aryl methyl sites for hydroxylation is 2. The molecule has 0 unspecified atom stereocenters. The number of fused-ring (bicyclic) bond motifs is 1. The molecule has 4 rings (SSSR count). The first-order valence-electron chi connectivity index (χ1n) is 9.91. The van der Waals surface area contributed by atoms with E-state index in [9.17, 15) is 4.79 Å². The molecular formula is C24H26N4O. The number of benzene rings is 2. The molecule has 1 aliphatic carbocycles. The standard InChI is InChI=1S/C24H26N4O/c1-15-9-11-17(12-10-15)25-23-27-19-13-24(3,4)14-20(29)21(19)22(28-23)26-18-8-6-5-7-16(18)2/h5-12H,13-14H2,1-4H3,(H2,25,26,27,28). The van der Waals surface area contributed by atoms with Crippen molar-refractivity contribution < 1.29 is 4.79 Å².